The van der Waals surface area contributed by atoms with Crippen LogP contribution in [0.25, 0.3) is 0 Å². The van der Waals surface area contributed by atoms with E-state index in [1.165, 1.54) is 6.07 Å². The summed E-state index contributed by atoms with van der Waals surface area (Å²) in [6.07, 6.45) is -4.81. The number of carbonyl (C=O) groups excluding carboxylic acids is 1. The molecule has 90 valence electrons. The average Bonchev–Trinajstić information content (AvgIpc) is 2.25. The predicted octanol–water partition coefficient (Wildman–Crippen LogP) is 2.96. The molecule has 17 heavy (non-hydrogen) atoms. The largest absolute Gasteiger partial charge is 0.495 e. The summed E-state index contributed by atoms with van der Waals surface area (Å²) in [5.74, 6) is -0.739. The van der Waals surface area contributed by atoms with Gasteiger partial charge in [-0.1, -0.05) is 0 Å². The van der Waals surface area contributed by atoms with E-state index in [2.05, 4.69) is 4.74 Å². The van der Waals surface area contributed by atoms with Crippen molar-refractivity contribution >= 4 is 16.8 Å². The fraction of sp³-hybridized carbons (Fsp3) is 0.200. The molecule has 1 rings (SSSR count). The molecule has 0 heterocycles. The number of rotatable bonds is 2. The quantitative estimate of drug-likeness (QED) is 0.771. The molecule has 0 aromatic heterocycles. The van der Waals surface area contributed by atoms with Gasteiger partial charge in [-0.15, -0.1) is 0 Å². The van der Waals surface area contributed by atoms with Crippen molar-refractivity contribution in [2.45, 2.75) is 6.18 Å². The molecule has 0 bridgehead atoms. The topological polar surface area (TPSA) is 50.1 Å². The molecule has 0 unspecified atom stereocenters. The molecule has 0 aliphatic heterocycles. The Morgan fingerprint density at radius 2 is 2.06 bits per heavy atom. The van der Waals surface area contributed by atoms with Crippen molar-refractivity contribution in [2.75, 3.05) is 7.11 Å². The Balaban J connectivity index is 3.68. The first-order chi connectivity index (χ1) is 7.82. The third-order valence-corrected chi connectivity index (χ3v) is 2.18. The second-order valence-electron chi connectivity index (χ2n) is 2.95. The Morgan fingerprint density at radius 1 is 1.47 bits per heavy atom. The number of carbonyl (C=O) groups is 1. The molecule has 1 aromatic rings. The van der Waals surface area contributed by atoms with Crippen LogP contribution in [0, 0.1) is 11.3 Å². The maximum absolute atomic E-state index is 12.7. The highest BCUT2D eigenvalue weighted by atomic mass is 35.5. The van der Waals surface area contributed by atoms with E-state index in [9.17, 15) is 18.0 Å². The van der Waals surface area contributed by atoms with Crippen LogP contribution < -0.4 is 4.74 Å². The molecular formula is C10H5ClF3NO2. The Hall–Kier alpha value is -1.74. The van der Waals surface area contributed by atoms with Gasteiger partial charge in [-0.2, -0.15) is 18.4 Å². The summed E-state index contributed by atoms with van der Waals surface area (Å²) in [7, 11) is 0.967. The van der Waals surface area contributed by atoms with Crippen LogP contribution in [0.5, 0.6) is 5.75 Å². The van der Waals surface area contributed by atoms with Crippen molar-refractivity contribution in [1.29, 1.82) is 5.26 Å². The maximum atomic E-state index is 12.7. The van der Waals surface area contributed by atoms with Gasteiger partial charge in [0.15, 0.2) is 0 Å². The van der Waals surface area contributed by atoms with Crippen molar-refractivity contribution in [3.63, 3.8) is 0 Å². The second-order valence-corrected chi connectivity index (χ2v) is 3.30. The third-order valence-electron chi connectivity index (χ3n) is 1.98. The van der Waals surface area contributed by atoms with Crippen LogP contribution in [0.15, 0.2) is 12.1 Å². The van der Waals surface area contributed by atoms with Crippen LogP contribution in [0.1, 0.15) is 21.5 Å². The minimum absolute atomic E-state index is 0.430. The first-order valence-electron chi connectivity index (χ1n) is 4.21. The molecule has 7 heteroatoms. The van der Waals surface area contributed by atoms with Crippen molar-refractivity contribution in [3.8, 4) is 11.8 Å². The highest BCUT2D eigenvalue weighted by Gasteiger charge is 2.39. The van der Waals surface area contributed by atoms with Gasteiger partial charge in [0.25, 0.3) is 5.24 Å². The number of benzene rings is 1. The summed E-state index contributed by atoms with van der Waals surface area (Å²) < 4.78 is 42.8. The molecule has 0 saturated carbocycles. The monoisotopic (exact) mass is 263 g/mol. The summed E-state index contributed by atoms with van der Waals surface area (Å²) in [6, 6.07) is 3.28. The Morgan fingerprint density at radius 3 is 2.41 bits per heavy atom. The van der Waals surface area contributed by atoms with Gasteiger partial charge in [0.2, 0.25) is 0 Å². The molecule has 0 saturated heterocycles. The lowest BCUT2D eigenvalue weighted by molar-refractivity contribution is -0.139. The number of nitriles is 1. The average molecular weight is 264 g/mol. The number of methoxy groups -OCH3 is 1. The van der Waals surface area contributed by atoms with E-state index in [1.54, 1.807) is 0 Å². The zero-order valence-electron chi connectivity index (χ0n) is 8.43. The van der Waals surface area contributed by atoms with Crippen molar-refractivity contribution in [1.82, 2.24) is 0 Å². The van der Waals surface area contributed by atoms with E-state index in [4.69, 9.17) is 16.9 Å². The molecular weight excluding hydrogens is 259 g/mol. The Kier molecular flexibility index (Phi) is 3.63. The van der Waals surface area contributed by atoms with E-state index in [0.29, 0.717) is 0 Å². The van der Waals surface area contributed by atoms with Gasteiger partial charge < -0.3 is 4.74 Å². The van der Waals surface area contributed by atoms with Crippen molar-refractivity contribution in [2.24, 2.45) is 0 Å². The first-order valence-corrected chi connectivity index (χ1v) is 4.58. The summed E-state index contributed by atoms with van der Waals surface area (Å²) >= 11 is 5.14. The summed E-state index contributed by atoms with van der Waals surface area (Å²) in [4.78, 5) is 10.9. The van der Waals surface area contributed by atoms with E-state index >= 15 is 0 Å². The third kappa shape index (κ3) is 2.50. The molecule has 1 aromatic carbocycles. The van der Waals surface area contributed by atoms with Crippen LogP contribution >= 0.6 is 11.6 Å². The van der Waals surface area contributed by atoms with Crippen LogP contribution in [0.3, 0.4) is 0 Å². The fourth-order valence-electron chi connectivity index (χ4n) is 1.32. The Bertz CT molecular complexity index is 505. The zero-order chi connectivity index (χ0) is 13.2. The molecule has 0 aliphatic rings. The van der Waals surface area contributed by atoms with Crippen molar-refractivity contribution in [3.05, 3.63) is 28.8 Å². The molecule has 0 aliphatic carbocycles. The maximum Gasteiger partial charge on any atom is 0.421 e. The van der Waals surface area contributed by atoms with Gasteiger partial charge >= 0.3 is 6.18 Å². The molecule has 0 radical (unpaired) electrons. The summed E-state index contributed by atoms with van der Waals surface area (Å²) in [5, 5.41) is 7.52. The molecule has 0 spiro atoms. The lowest BCUT2D eigenvalue weighted by Gasteiger charge is -2.15. The standard InChI is InChI=1S/C10H5ClF3NO2/c1-17-8-6(9(11)16)3-2-5(4-15)7(8)10(12,13)14/h2-3H,1H3. The SMILES string of the molecule is COc1c(C(=O)Cl)ccc(C#N)c1C(F)(F)F. The van der Waals surface area contributed by atoms with Crippen LogP contribution in [-0.4, -0.2) is 12.4 Å². The minimum Gasteiger partial charge on any atom is -0.495 e. The molecule has 0 atom stereocenters. The van der Waals surface area contributed by atoms with E-state index in [1.807, 2.05) is 0 Å². The lowest BCUT2D eigenvalue weighted by Crippen LogP contribution is -2.12. The number of nitrogens with zero attached hydrogens (tertiary/aromatic N) is 1. The summed E-state index contributed by atoms with van der Waals surface area (Å²) in [5.41, 5.74) is -2.36. The van der Waals surface area contributed by atoms with E-state index < -0.39 is 33.9 Å². The predicted molar refractivity (Wildman–Crippen MR) is 52.9 cm³/mol. The first kappa shape index (κ1) is 13.3. The number of hydrogen-bond donors (Lipinski definition) is 0. The van der Waals surface area contributed by atoms with Gasteiger partial charge in [-0.05, 0) is 23.7 Å². The normalized spacial score (nSPS) is 10.8. The highest BCUT2D eigenvalue weighted by molar-refractivity contribution is 6.68. The Labute approximate surface area is 99.4 Å². The van der Waals surface area contributed by atoms with Crippen LogP contribution in [0.4, 0.5) is 13.2 Å². The lowest BCUT2D eigenvalue weighted by atomic mass is 10.0. The van der Waals surface area contributed by atoms with E-state index in [0.717, 1.165) is 19.2 Å². The van der Waals surface area contributed by atoms with Crippen LogP contribution in [0.2, 0.25) is 0 Å². The van der Waals surface area contributed by atoms with Gasteiger partial charge in [0.1, 0.15) is 11.3 Å². The van der Waals surface area contributed by atoms with Crippen LogP contribution in [-0.2, 0) is 6.18 Å². The molecule has 0 fully saturated rings. The fourth-order valence-corrected chi connectivity index (χ4v) is 1.47. The zero-order valence-corrected chi connectivity index (χ0v) is 9.19. The highest BCUT2D eigenvalue weighted by Crippen LogP contribution is 2.40. The minimum atomic E-state index is -4.81. The number of alkyl halides is 3. The van der Waals surface area contributed by atoms with Crippen molar-refractivity contribution < 1.29 is 22.7 Å². The second kappa shape index (κ2) is 4.63. The van der Waals surface area contributed by atoms with Gasteiger partial charge in [0.05, 0.1) is 24.3 Å². The van der Waals surface area contributed by atoms with Gasteiger partial charge in [-0.25, -0.2) is 0 Å². The molecule has 0 N–H and O–H groups in total. The number of ether oxygens (including phenoxy) is 1. The van der Waals surface area contributed by atoms with Gasteiger partial charge in [0, 0.05) is 0 Å². The molecule has 0 amide bonds. The smallest absolute Gasteiger partial charge is 0.421 e. The number of hydrogen-bond acceptors (Lipinski definition) is 3. The molecule has 3 nitrogen and oxygen atoms in total. The number of halogens is 4. The summed E-state index contributed by atoms with van der Waals surface area (Å²) in [6.45, 7) is 0. The van der Waals surface area contributed by atoms with Gasteiger partial charge in [-0.3, -0.25) is 4.79 Å². The van der Waals surface area contributed by atoms with E-state index in [-0.39, 0.29) is 0 Å².